The summed E-state index contributed by atoms with van der Waals surface area (Å²) in [5.41, 5.74) is 4.40. The number of nitrogens with zero attached hydrogens (tertiary/aromatic N) is 4. The van der Waals surface area contributed by atoms with Crippen LogP contribution in [0.2, 0.25) is 0 Å². The molecule has 214 valence electrons. The minimum Gasteiger partial charge on any atom is -0.479 e. The van der Waals surface area contributed by atoms with Crippen LogP contribution in [0.1, 0.15) is 40.9 Å². The van der Waals surface area contributed by atoms with Gasteiger partial charge in [0.15, 0.2) is 6.10 Å². The fourth-order valence-electron chi connectivity index (χ4n) is 4.23. The Balaban J connectivity index is 1.46. The molecule has 4 rings (SSSR count). The first kappa shape index (κ1) is 29.7. The van der Waals surface area contributed by atoms with E-state index >= 15 is 0 Å². The lowest BCUT2D eigenvalue weighted by atomic mass is 9.99. The van der Waals surface area contributed by atoms with Crippen LogP contribution in [0.3, 0.4) is 0 Å². The van der Waals surface area contributed by atoms with Gasteiger partial charge in [-0.1, -0.05) is 6.07 Å². The van der Waals surface area contributed by atoms with Crippen LogP contribution in [0.15, 0.2) is 41.3 Å². The summed E-state index contributed by atoms with van der Waals surface area (Å²) in [6.45, 7) is 4.48. The Morgan fingerprint density at radius 3 is 2.55 bits per heavy atom. The van der Waals surface area contributed by atoms with Gasteiger partial charge in [-0.25, -0.2) is 9.78 Å². The van der Waals surface area contributed by atoms with Gasteiger partial charge in [0.1, 0.15) is 18.3 Å². The van der Waals surface area contributed by atoms with Gasteiger partial charge in [-0.3, -0.25) is 9.97 Å². The summed E-state index contributed by atoms with van der Waals surface area (Å²) in [5.74, 6) is -1.21. The summed E-state index contributed by atoms with van der Waals surface area (Å²) < 4.78 is 12.1. The topological polar surface area (TPSA) is 180 Å². The first-order valence-corrected chi connectivity index (χ1v) is 13.6. The Bertz CT molecular complexity index is 1310. The lowest BCUT2D eigenvalue weighted by Crippen LogP contribution is -2.61. The van der Waals surface area contributed by atoms with Crippen molar-refractivity contribution in [3.63, 3.8) is 0 Å². The Hall–Kier alpha value is -3.23. The molecule has 0 radical (unpaired) electrons. The molecule has 0 unspecified atom stereocenters. The highest BCUT2D eigenvalue weighted by atomic mass is 79.9. The zero-order valence-corrected chi connectivity index (χ0v) is 23.7. The number of carboxylic acid groups (broad SMARTS) is 1. The lowest BCUT2D eigenvalue weighted by molar-refractivity contribution is -0.271. The Morgan fingerprint density at radius 2 is 1.85 bits per heavy atom. The van der Waals surface area contributed by atoms with Crippen LogP contribution in [0.5, 0.6) is 5.88 Å². The van der Waals surface area contributed by atoms with Gasteiger partial charge in [-0.15, -0.1) is 0 Å². The number of anilines is 1. The van der Waals surface area contributed by atoms with E-state index in [9.17, 15) is 25.2 Å². The number of ether oxygens (including phenoxy) is 2. The largest absolute Gasteiger partial charge is 0.479 e. The second-order valence-electron chi connectivity index (χ2n) is 9.66. The van der Waals surface area contributed by atoms with Gasteiger partial charge < -0.3 is 35.2 Å². The molecule has 40 heavy (non-hydrogen) atoms. The third kappa shape index (κ3) is 7.49. The molecule has 4 heterocycles. The van der Waals surface area contributed by atoms with E-state index < -0.39 is 36.7 Å². The molecule has 0 amide bonds. The molecule has 1 saturated heterocycles. The van der Waals surface area contributed by atoms with Crippen LogP contribution in [0, 0.1) is 13.8 Å². The lowest BCUT2D eigenvalue weighted by Gasteiger charge is -2.38. The minimum absolute atomic E-state index is 0.0320. The Kier molecular flexibility index (Phi) is 9.98. The van der Waals surface area contributed by atoms with Gasteiger partial charge in [0, 0.05) is 53.0 Å². The van der Waals surface area contributed by atoms with Crippen LogP contribution in [-0.4, -0.2) is 83.6 Å². The normalized spacial score (nSPS) is 22.6. The number of halogens is 1. The summed E-state index contributed by atoms with van der Waals surface area (Å²) in [5, 5.41) is 43.2. The van der Waals surface area contributed by atoms with Gasteiger partial charge in [0.25, 0.3) is 0 Å². The van der Waals surface area contributed by atoms with Gasteiger partial charge in [0.05, 0.1) is 0 Å². The maximum Gasteiger partial charge on any atom is 0.335 e. The molecule has 0 aliphatic carbocycles. The SMILES string of the molecule is Cc1ccc(Cc2cnc(NCCCCc3ncc(Br)cc3C)nc2O[C@@H]2O[C@H](C(=O)O)[C@@H](O)[C@H](O)[C@H]2O)cn1. The number of unbranched alkanes of at least 4 members (excludes halogenated alkanes) is 1. The highest BCUT2D eigenvalue weighted by molar-refractivity contribution is 9.10. The molecule has 1 fully saturated rings. The molecular weight excluding hydrogens is 586 g/mol. The number of hydrogen-bond acceptors (Lipinski definition) is 11. The van der Waals surface area contributed by atoms with Crippen molar-refractivity contribution < 1.29 is 34.7 Å². The molecule has 1 aliphatic heterocycles. The highest BCUT2D eigenvalue weighted by Gasteiger charge is 2.48. The van der Waals surface area contributed by atoms with Crippen LogP contribution < -0.4 is 10.1 Å². The summed E-state index contributed by atoms with van der Waals surface area (Å²) in [7, 11) is 0. The third-order valence-corrected chi connectivity index (χ3v) is 6.94. The van der Waals surface area contributed by atoms with Crippen molar-refractivity contribution in [3.8, 4) is 5.88 Å². The van der Waals surface area contributed by atoms with Crippen molar-refractivity contribution in [2.24, 2.45) is 0 Å². The van der Waals surface area contributed by atoms with E-state index in [1.165, 1.54) is 0 Å². The van der Waals surface area contributed by atoms with Crippen LogP contribution in [-0.2, 0) is 22.4 Å². The smallest absolute Gasteiger partial charge is 0.335 e. The van der Waals surface area contributed by atoms with E-state index in [2.05, 4.69) is 41.2 Å². The van der Waals surface area contributed by atoms with Gasteiger partial charge >= 0.3 is 5.97 Å². The molecule has 1 aliphatic rings. The van der Waals surface area contributed by atoms with Crippen molar-refractivity contribution in [1.29, 1.82) is 0 Å². The molecule has 5 atom stereocenters. The zero-order valence-electron chi connectivity index (χ0n) is 22.1. The molecule has 3 aromatic heterocycles. The van der Waals surface area contributed by atoms with Crippen LogP contribution >= 0.6 is 15.9 Å². The summed E-state index contributed by atoms with van der Waals surface area (Å²) in [6, 6.07) is 5.80. The quantitative estimate of drug-likeness (QED) is 0.198. The first-order valence-electron chi connectivity index (χ1n) is 12.8. The van der Waals surface area contributed by atoms with Gasteiger partial charge in [0.2, 0.25) is 18.1 Å². The number of aryl methyl sites for hydroxylation is 3. The number of aliphatic hydroxyl groups is 3. The summed E-state index contributed by atoms with van der Waals surface area (Å²) in [4.78, 5) is 29.1. The number of aliphatic carboxylic acids is 1. The number of carboxylic acids is 1. The number of rotatable bonds is 11. The maximum atomic E-state index is 11.5. The van der Waals surface area contributed by atoms with E-state index in [1.807, 2.05) is 32.0 Å². The van der Waals surface area contributed by atoms with Crippen molar-refractivity contribution in [2.45, 2.75) is 70.2 Å². The first-order chi connectivity index (χ1) is 19.1. The average molecular weight is 618 g/mol. The van der Waals surface area contributed by atoms with Crippen molar-refractivity contribution >= 4 is 27.8 Å². The zero-order chi connectivity index (χ0) is 28.8. The van der Waals surface area contributed by atoms with Crippen LogP contribution in [0.25, 0.3) is 0 Å². The van der Waals surface area contributed by atoms with Gasteiger partial charge in [-0.2, -0.15) is 4.98 Å². The van der Waals surface area contributed by atoms with E-state index in [0.717, 1.165) is 46.2 Å². The van der Waals surface area contributed by atoms with Crippen molar-refractivity contribution in [1.82, 2.24) is 19.9 Å². The number of nitrogens with one attached hydrogen (secondary N) is 1. The second kappa shape index (κ2) is 13.4. The van der Waals surface area contributed by atoms with E-state index in [-0.39, 0.29) is 11.8 Å². The number of aliphatic hydroxyl groups excluding tert-OH is 3. The van der Waals surface area contributed by atoms with E-state index in [1.54, 1.807) is 18.6 Å². The van der Waals surface area contributed by atoms with Crippen molar-refractivity contribution in [3.05, 3.63) is 69.3 Å². The molecule has 13 heteroatoms. The van der Waals surface area contributed by atoms with Crippen molar-refractivity contribution in [2.75, 3.05) is 11.9 Å². The molecule has 5 N–H and O–H groups in total. The van der Waals surface area contributed by atoms with Gasteiger partial charge in [-0.05, 0) is 72.3 Å². The molecule has 0 aromatic carbocycles. The monoisotopic (exact) mass is 617 g/mol. The minimum atomic E-state index is -1.83. The summed E-state index contributed by atoms with van der Waals surface area (Å²) in [6.07, 6.45) is -0.807. The standard InChI is InChI=1S/C27H32BrN5O7/c1-14-9-18(28)13-31-19(14)5-3-4-8-29-27-32-12-17(10-16-7-6-15(2)30-11-16)24(33-27)40-26-22(36)20(34)21(35)23(39-26)25(37)38/h6-7,9,11-13,20-23,26,34-36H,3-5,8,10H2,1-2H3,(H,37,38)(H,29,32,33)/t20-,21-,22+,23-,26-/m0/s1. The Morgan fingerprint density at radius 1 is 1.05 bits per heavy atom. The molecule has 0 spiro atoms. The second-order valence-corrected chi connectivity index (χ2v) is 10.6. The fourth-order valence-corrected chi connectivity index (χ4v) is 4.68. The third-order valence-electron chi connectivity index (χ3n) is 6.51. The summed E-state index contributed by atoms with van der Waals surface area (Å²) >= 11 is 3.43. The highest BCUT2D eigenvalue weighted by Crippen LogP contribution is 2.27. The van der Waals surface area contributed by atoms with E-state index in [4.69, 9.17) is 9.47 Å². The molecule has 3 aromatic rings. The molecular formula is C27H32BrN5O7. The number of carbonyl (C=O) groups is 1. The Labute approximate surface area is 239 Å². The number of aromatic nitrogens is 4. The predicted molar refractivity (Wildman–Crippen MR) is 147 cm³/mol. The average Bonchev–Trinajstić information content (AvgIpc) is 2.92. The number of hydrogen-bond donors (Lipinski definition) is 5. The fraction of sp³-hybridized carbons (Fsp3) is 0.444. The predicted octanol–water partition coefficient (Wildman–Crippen LogP) is 1.94. The molecule has 0 saturated carbocycles. The molecule has 12 nitrogen and oxygen atoms in total. The maximum absolute atomic E-state index is 11.5. The van der Waals surface area contributed by atoms with Crippen LogP contribution in [0.4, 0.5) is 5.95 Å². The number of pyridine rings is 2. The molecule has 0 bridgehead atoms. The van der Waals surface area contributed by atoms with E-state index in [0.29, 0.717) is 18.5 Å².